The largest absolute Gasteiger partial charge is 0.488 e. The number of para-hydroxylation sites is 1. The Kier molecular flexibility index (Phi) is 3.05. The quantitative estimate of drug-likeness (QED) is 0.629. The summed E-state index contributed by atoms with van der Waals surface area (Å²) in [5, 5.41) is 0.968. The maximum Gasteiger partial charge on any atom is 0.290 e. The van der Waals surface area contributed by atoms with E-state index in [1.807, 2.05) is 24.3 Å². The summed E-state index contributed by atoms with van der Waals surface area (Å²) >= 11 is 0. The Balaban J connectivity index is 2.34. The average Bonchev–Trinajstić information content (AvgIpc) is 2.30. The fourth-order valence-corrected chi connectivity index (χ4v) is 1.49. The Morgan fingerprint density at radius 3 is 3.00 bits per heavy atom. The van der Waals surface area contributed by atoms with E-state index < -0.39 is 0 Å². The molecule has 0 bridgehead atoms. The molecule has 0 radical (unpaired) electrons. The molecule has 0 aliphatic carbocycles. The zero-order valence-electron chi connectivity index (χ0n) is 8.90. The third kappa shape index (κ3) is 2.14. The van der Waals surface area contributed by atoms with Gasteiger partial charge in [0, 0.05) is 10.9 Å². The van der Waals surface area contributed by atoms with Gasteiger partial charge in [-0.05, 0) is 18.6 Å². The molecule has 0 aliphatic heterocycles. The molecule has 2 rings (SSSR count). The fourth-order valence-electron chi connectivity index (χ4n) is 1.49. The zero-order chi connectivity index (χ0) is 11.4. The highest BCUT2D eigenvalue weighted by Crippen LogP contribution is 2.14. The number of ether oxygens (including phenoxy) is 1. The maximum atomic E-state index is 11.6. The van der Waals surface area contributed by atoms with Crippen molar-refractivity contribution in [2.45, 2.75) is 6.42 Å². The second kappa shape index (κ2) is 4.66. The van der Waals surface area contributed by atoms with Gasteiger partial charge in [0.25, 0.3) is 5.56 Å². The van der Waals surface area contributed by atoms with Gasteiger partial charge in [0.05, 0.1) is 6.61 Å². The third-order valence-corrected chi connectivity index (χ3v) is 2.30. The monoisotopic (exact) mass is 215 g/mol. The highest BCUT2D eigenvalue weighted by molar-refractivity contribution is 5.79. The summed E-state index contributed by atoms with van der Waals surface area (Å²) in [7, 11) is 0. The highest BCUT2D eigenvalue weighted by atomic mass is 16.5. The number of hydrogen-bond donors (Lipinski definition) is 1. The first kappa shape index (κ1) is 10.5. The van der Waals surface area contributed by atoms with E-state index in [4.69, 9.17) is 4.74 Å². The smallest absolute Gasteiger partial charge is 0.290 e. The van der Waals surface area contributed by atoms with Gasteiger partial charge < -0.3 is 9.72 Å². The van der Waals surface area contributed by atoms with Crippen LogP contribution in [0.2, 0.25) is 0 Å². The number of aromatic amines is 1. The summed E-state index contributed by atoms with van der Waals surface area (Å²) in [5.41, 5.74) is 0.631. The lowest BCUT2D eigenvalue weighted by Gasteiger charge is -2.04. The summed E-state index contributed by atoms with van der Waals surface area (Å²) in [6.07, 6.45) is 2.49. The highest BCUT2D eigenvalue weighted by Gasteiger charge is 2.02. The molecule has 0 atom stereocenters. The molecule has 16 heavy (non-hydrogen) atoms. The van der Waals surface area contributed by atoms with Crippen LogP contribution in [-0.2, 0) is 0 Å². The number of nitrogens with one attached hydrogen (secondary N) is 1. The SMILES string of the molecule is C=CCCOc1cc2ccccc2[nH]c1=O. The Labute approximate surface area is 93.4 Å². The number of benzene rings is 1. The van der Waals surface area contributed by atoms with E-state index in [2.05, 4.69) is 11.6 Å². The summed E-state index contributed by atoms with van der Waals surface area (Å²) in [4.78, 5) is 14.4. The molecular weight excluding hydrogens is 202 g/mol. The number of rotatable bonds is 4. The van der Waals surface area contributed by atoms with Crippen LogP contribution in [0.15, 0.2) is 47.8 Å². The molecule has 1 aromatic carbocycles. The molecule has 0 fully saturated rings. The predicted molar refractivity (Wildman–Crippen MR) is 64.9 cm³/mol. The van der Waals surface area contributed by atoms with E-state index >= 15 is 0 Å². The molecule has 0 aliphatic rings. The third-order valence-electron chi connectivity index (χ3n) is 2.30. The Morgan fingerprint density at radius 1 is 1.38 bits per heavy atom. The van der Waals surface area contributed by atoms with Crippen molar-refractivity contribution in [1.29, 1.82) is 0 Å². The van der Waals surface area contributed by atoms with Crippen LogP contribution >= 0.6 is 0 Å². The van der Waals surface area contributed by atoms with Gasteiger partial charge in [-0.3, -0.25) is 4.79 Å². The van der Waals surface area contributed by atoms with E-state index in [0.29, 0.717) is 12.4 Å². The molecule has 1 N–H and O–H groups in total. The van der Waals surface area contributed by atoms with E-state index in [0.717, 1.165) is 17.3 Å². The van der Waals surface area contributed by atoms with Crippen LogP contribution in [0.3, 0.4) is 0 Å². The van der Waals surface area contributed by atoms with Crippen molar-refractivity contribution in [3.63, 3.8) is 0 Å². The van der Waals surface area contributed by atoms with Gasteiger partial charge in [0.2, 0.25) is 0 Å². The van der Waals surface area contributed by atoms with Gasteiger partial charge >= 0.3 is 0 Å². The zero-order valence-corrected chi connectivity index (χ0v) is 8.90. The van der Waals surface area contributed by atoms with Gasteiger partial charge in [0.15, 0.2) is 5.75 Å². The van der Waals surface area contributed by atoms with Crippen LogP contribution in [0.4, 0.5) is 0 Å². The molecule has 3 nitrogen and oxygen atoms in total. The van der Waals surface area contributed by atoms with Crippen molar-refractivity contribution in [2.24, 2.45) is 0 Å². The van der Waals surface area contributed by atoms with Crippen molar-refractivity contribution < 1.29 is 4.74 Å². The van der Waals surface area contributed by atoms with Crippen LogP contribution in [0.1, 0.15) is 6.42 Å². The van der Waals surface area contributed by atoms with Crippen LogP contribution in [-0.4, -0.2) is 11.6 Å². The molecule has 0 saturated carbocycles. The molecule has 0 saturated heterocycles. The fraction of sp³-hybridized carbons (Fsp3) is 0.154. The average molecular weight is 215 g/mol. The second-order valence-electron chi connectivity index (χ2n) is 3.48. The summed E-state index contributed by atoms with van der Waals surface area (Å²) < 4.78 is 5.37. The molecule has 3 heteroatoms. The molecule has 82 valence electrons. The predicted octanol–water partition coefficient (Wildman–Crippen LogP) is 2.48. The normalized spacial score (nSPS) is 10.2. The van der Waals surface area contributed by atoms with Crippen LogP contribution in [0.25, 0.3) is 10.9 Å². The molecule has 0 spiro atoms. The number of fused-ring (bicyclic) bond motifs is 1. The standard InChI is InChI=1S/C13H13NO2/c1-2-3-8-16-12-9-10-6-4-5-7-11(10)14-13(12)15/h2,4-7,9H,1,3,8H2,(H,14,15). The first-order chi connectivity index (χ1) is 7.81. The van der Waals surface area contributed by atoms with Crippen LogP contribution in [0, 0.1) is 0 Å². The molecule has 2 aromatic rings. The van der Waals surface area contributed by atoms with Crippen LogP contribution < -0.4 is 10.3 Å². The summed E-state index contributed by atoms with van der Waals surface area (Å²) in [5.74, 6) is 0.362. The number of hydrogen-bond acceptors (Lipinski definition) is 2. The Morgan fingerprint density at radius 2 is 2.19 bits per heavy atom. The van der Waals surface area contributed by atoms with Gasteiger partial charge in [-0.1, -0.05) is 24.3 Å². The molecule has 0 amide bonds. The van der Waals surface area contributed by atoms with Gasteiger partial charge in [0.1, 0.15) is 0 Å². The molecule has 1 heterocycles. The maximum absolute atomic E-state index is 11.6. The van der Waals surface area contributed by atoms with Crippen molar-refractivity contribution in [1.82, 2.24) is 4.98 Å². The minimum absolute atomic E-state index is 0.192. The summed E-state index contributed by atoms with van der Waals surface area (Å²) in [6, 6.07) is 9.37. The first-order valence-electron chi connectivity index (χ1n) is 5.17. The lowest BCUT2D eigenvalue weighted by Crippen LogP contribution is -2.11. The minimum Gasteiger partial charge on any atom is -0.488 e. The van der Waals surface area contributed by atoms with E-state index in [-0.39, 0.29) is 5.56 Å². The Bertz CT molecular complexity index is 557. The van der Waals surface area contributed by atoms with E-state index in [1.54, 1.807) is 12.1 Å². The Hall–Kier alpha value is -2.03. The van der Waals surface area contributed by atoms with Crippen molar-refractivity contribution in [3.8, 4) is 5.75 Å². The second-order valence-corrected chi connectivity index (χ2v) is 3.48. The lowest BCUT2D eigenvalue weighted by atomic mass is 10.2. The van der Waals surface area contributed by atoms with E-state index in [9.17, 15) is 4.79 Å². The van der Waals surface area contributed by atoms with Crippen molar-refractivity contribution >= 4 is 10.9 Å². The molecule has 0 unspecified atom stereocenters. The first-order valence-corrected chi connectivity index (χ1v) is 5.17. The van der Waals surface area contributed by atoms with Gasteiger partial charge in [-0.25, -0.2) is 0 Å². The topological polar surface area (TPSA) is 42.1 Å². The summed E-state index contributed by atoms with van der Waals surface area (Å²) in [6.45, 7) is 4.08. The minimum atomic E-state index is -0.192. The lowest BCUT2D eigenvalue weighted by molar-refractivity contribution is 0.321. The van der Waals surface area contributed by atoms with Crippen LogP contribution in [0.5, 0.6) is 5.75 Å². The molecule has 1 aromatic heterocycles. The number of H-pyrrole nitrogens is 1. The molecular formula is C13H13NO2. The number of aromatic nitrogens is 1. The van der Waals surface area contributed by atoms with Crippen molar-refractivity contribution in [3.05, 3.63) is 53.3 Å². The number of pyridine rings is 1. The van der Waals surface area contributed by atoms with Gasteiger partial charge in [-0.15, -0.1) is 6.58 Å². The van der Waals surface area contributed by atoms with Crippen molar-refractivity contribution in [2.75, 3.05) is 6.61 Å². The van der Waals surface area contributed by atoms with E-state index in [1.165, 1.54) is 0 Å². The van der Waals surface area contributed by atoms with Gasteiger partial charge in [-0.2, -0.15) is 0 Å².